The number of hydrogen-bond donors (Lipinski definition) is 1. The van der Waals surface area contributed by atoms with E-state index >= 15 is 0 Å². The lowest BCUT2D eigenvalue weighted by Crippen LogP contribution is -2.37. The van der Waals surface area contributed by atoms with Gasteiger partial charge in [-0.25, -0.2) is 8.42 Å². The van der Waals surface area contributed by atoms with E-state index in [1.54, 1.807) is 18.2 Å². The predicted molar refractivity (Wildman–Crippen MR) is 114 cm³/mol. The molecule has 1 heterocycles. The summed E-state index contributed by atoms with van der Waals surface area (Å²) in [6, 6.07) is 12.1. The first-order valence-corrected chi connectivity index (χ1v) is 11.0. The molecule has 1 fully saturated rings. The standard InChI is InChI=1S/C21H23N3O5S/c1-16-12-14-23(15-13-16)30(28,29)19-9-7-18(8-10-19)22-21(25)11-6-17-4-2-3-5-20(17)24(26)27/h2-11,16H,12-15H2,1H3,(H,22,25)/b11-6+. The summed E-state index contributed by atoms with van der Waals surface area (Å²) in [7, 11) is -3.55. The van der Waals surface area contributed by atoms with Crippen molar-refractivity contribution in [1.82, 2.24) is 4.31 Å². The largest absolute Gasteiger partial charge is 0.323 e. The van der Waals surface area contributed by atoms with Crippen molar-refractivity contribution >= 4 is 33.4 Å². The van der Waals surface area contributed by atoms with Crippen molar-refractivity contribution in [1.29, 1.82) is 0 Å². The normalized spacial score (nSPS) is 15.9. The van der Waals surface area contributed by atoms with Crippen LogP contribution >= 0.6 is 0 Å². The molecular formula is C21H23N3O5S. The van der Waals surface area contributed by atoms with Crippen LogP contribution in [0.15, 0.2) is 59.5 Å². The minimum absolute atomic E-state index is 0.0942. The smallest absolute Gasteiger partial charge is 0.276 e. The number of hydrogen-bond acceptors (Lipinski definition) is 5. The van der Waals surface area contributed by atoms with Gasteiger partial charge in [0.1, 0.15) is 0 Å². The van der Waals surface area contributed by atoms with Gasteiger partial charge in [-0.2, -0.15) is 4.31 Å². The third-order valence-corrected chi connectivity index (χ3v) is 6.96. The molecule has 2 aromatic carbocycles. The molecule has 3 rings (SSSR count). The van der Waals surface area contributed by atoms with E-state index in [2.05, 4.69) is 12.2 Å². The minimum atomic E-state index is -3.55. The van der Waals surface area contributed by atoms with Crippen molar-refractivity contribution < 1.29 is 18.1 Å². The quantitative estimate of drug-likeness (QED) is 0.428. The van der Waals surface area contributed by atoms with Gasteiger partial charge in [-0.05, 0) is 55.2 Å². The first-order chi connectivity index (χ1) is 14.3. The zero-order chi connectivity index (χ0) is 21.7. The highest BCUT2D eigenvalue weighted by atomic mass is 32.2. The second-order valence-electron chi connectivity index (χ2n) is 7.25. The van der Waals surface area contributed by atoms with E-state index in [0.29, 0.717) is 30.3 Å². The summed E-state index contributed by atoms with van der Waals surface area (Å²) in [5.41, 5.74) is 0.650. The van der Waals surface area contributed by atoms with E-state index < -0.39 is 20.9 Å². The molecule has 30 heavy (non-hydrogen) atoms. The maximum absolute atomic E-state index is 12.7. The van der Waals surface area contributed by atoms with Gasteiger partial charge in [-0.1, -0.05) is 19.1 Å². The highest BCUT2D eigenvalue weighted by Gasteiger charge is 2.27. The van der Waals surface area contributed by atoms with Gasteiger partial charge in [0.15, 0.2) is 0 Å². The molecule has 0 radical (unpaired) electrons. The van der Waals surface area contributed by atoms with E-state index in [1.807, 2.05) is 0 Å². The van der Waals surface area contributed by atoms with Crippen LogP contribution in [0.3, 0.4) is 0 Å². The average Bonchev–Trinajstić information content (AvgIpc) is 2.73. The van der Waals surface area contributed by atoms with Gasteiger partial charge < -0.3 is 5.32 Å². The molecule has 1 N–H and O–H groups in total. The number of piperidine rings is 1. The first kappa shape index (κ1) is 21.7. The summed E-state index contributed by atoms with van der Waals surface area (Å²) in [4.78, 5) is 22.8. The minimum Gasteiger partial charge on any atom is -0.323 e. The average molecular weight is 429 g/mol. The molecule has 0 aromatic heterocycles. The monoisotopic (exact) mass is 429 g/mol. The van der Waals surface area contributed by atoms with E-state index in [9.17, 15) is 23.3 Å². The molecule has 1 saturated heterocycles. The van der Waals surface area contributed by atoms with E-state index in [1.165, 1.54) is 46.8 Å². The van der Waals surface area contributed by atoms with Crippen molar-refractivity contribution in [2.45, 2.75) is 24.7 Å². The Morgan fingerprint density at radius 3 is 2.40 bits per heavy atom. The van der Waals surface area contributed by atoms with Crippen molar-refractivity contribution in [3.8, 4) is 0 Å². The summed E-state index contributed by atoms with van der Waals surface area (Å²) < 4.78 is 27.0. The van der Waals surface area contributed by atoms with Crippen LogP contribution in [-0.2, 0) is 14.8 Å². The molecule has 0 spiro atoms. The number of amides is 1. The number of nitro groups is 1. The Kier molecular flexibility index (Phi) is 6.63. The fraction of sp³-hybridized carbons (Fsp3) is 0.286. The molecular weight excluding hydrogens is 406 g/mol. The molecule has 0 bridgehead atoms. The van der Waals surface area contributed by atoms with Crippen LogP contribution in [0.5, 0.6) is 0 Å². The van der Waals surface area contributed by atoms with Crippen LogP contribution in [-0.4, -0.2) is 36.6 Å². The fourth-order valence-electron chi connectivity index (χ4n) is 3.23. The number of sulfonamides is 1. The van der Waals surface area contributed by atoms with Gasteiger partial charge in [0.25, 0.3) is 5.69 Å². The molecule has 0 aliphatic carbocycles. The molecule has 0 saturated carbocycles. The molecule has 1 aliphatic rings. The van der Waals surface area contributed by atoms with Gasteiger partial charge in [0, 0.05) is 30.9 Å². The van der Waals surface area contributed by atoms with Crippen molar-refractivity contribution in [2.75, 3.05) is 18.4 Å². The molecule has 0 unspecified atom stereocenters. The molecule has 2 aromatic rings. The zero-order valence-corrected chi connectivity index (χ0v) is 17.3. The number of benzene rings is 2. The third kappa shape index (κ3) is 5.11. The maximum atomic E-state index is 12.7. The maximum Gasteiger partial charge on any atom is 0.276 e. The molecule has 0 atom stereocenters. The van der Waals surface area contributed by atoms with Crippen LogP contribution in [0, 0.1) is 16.0 Å². The summed E-state index contributed by atoms with van der Waals surface area (Å²) >= 11 is 0. The molecule has 9 heteroatoms. The third-order valence-electron chi connectivity index (χ3n) is 5.05. The Bertz CT molecular complexity index is 1060. The lowest BCUT2D eigenvalue weighted by Gasteiger charge is -2.29. The predicted octanol–water partition coefficient (Wildman–Crippen LogP) is 3.67. The van der Waals surface area contributed by atoms with Crippen molar-refractivity contribution in [3.63, 3.8) is 0 Å². The molecule has 1 aliphatic heterocycles. The van der Waals surface area contributed by atoms with Crippen LogP contribution in [0.1, 0.15) is 25.3 Å². The number of carbonyl (C=O) groups excluding carboxylic acids is 1. The topological polar surface area (TPSA) is 110 Å². The Hall–Kier alpha value is -3.04. The number of nitro benzene ring substituents is 1. The van der Waals surface area contributed by atoms with Gasteiger partial charge in [0.05, 0.1) is 15.4 Å². The molecule has 8 nitrogen and oxygen atoms in total. The number of para-hydroxylation sites is 1. The Morgan fingerprint density at radius 1 is 1.13 bits per heavy atom. The van der Waals surface area contributed by atoms with E-state index in [0.717, 1.165) is 12.8 Å². The number of rotatable bonds is 6. The van der Waals surface area contributed by atoms with Crippen LogP contribution < -0.4 is 5.32 Å². The lowest BCUT2D eigenvalue weighted by atomic mass is 10.0. The number of nitrogens with zero attached hydrogens (tertiary/aromatic N) is 2. The van der Waals surface area contributed by atoms with Gasteiger partial charge in [0.2, 0.25) is 15.9 Å². The summed E-state index contributed by atoms with van der Waals surface area (Å²) in [6.07, 6.45) is 4.25. The zero-order valence-electron chi connectivity index (χ0n) is 16.5. The van der Waals surface area contributed by atoms with Gasteiger partial charge in [-0.15, -0.1) is 0 Å². The first-order valence-electron chi connectivity index (χ1n) is 9.60. The van der Waals surface area contributed by atoms with Crippen LogP contribution in [0.2, 0.25) is 0 Å². The van der Waals surface area contributed by atoms with Crippen LogP contribution in [0.25, 0.3) is 6.08 Å². The molecule has 158 valence electrons. The number of nitrogens with one attached hydrogen (secondary N) is 1. The second-order valence-corrected chi connectivity index (χ2v) is 9.19. The summed E-state index contributed by atoms with van der Waals surface area (Å²) in [5, 5.41) is 13.6. The number of carbonyl (C=O) groups is 1. The highest BCUT2D eigenvalue weighted by Crippen LogP contribution is 2.24. The van der Waals surface area contributed by atoms with Crippen molar-refractivity contribution in [3.05, 3.63) is 70.3 Å². The highest BCUT2D eigenvalue weighted by molar-refractivity contribution is 7.89. The lowest BCUT2D eigenvalue weighted by molar-refractivity contribution is -0.385. The summed E-state index contributed by atoms with van der Waals surface area (Å²) in [6.45, 7) is 3.14. The number of anilines is 1. The Balaban J connectivity index is 1.66. The van der Waals surface area contributed by atoms with Gasteiger partial charge in [-0.3, -0.25) is 14.9 Å². The molecule has 1 amide bonds. The van der Waals surface area contributed by atoms with Crippen molar-refractivity contribution in [2.24, 2.45) is 5.92 Å². The Morgan fingerprint density at radius 2 is 1.77 bits per heavy atom. The van der Waals surface area contributed by atoms with E-state index in [-0.39, 0.29) is 10.6 Å². The van der Waals surface area contributed by atoms with Crippen LogP contribution in [0.4, 0.5) is 11.4 Å². The Labute approximate surface area is 175 Å². The summed E-state index contributed by atoms with van der Waals surface area (Å²) in [5.74, 6) is 0.0492. The van der Waals surface area contributed by atoms with Gasteiger partial charge >= 0.3 is 0 Å². The fourth-order valence-corrected chi connectivity index (χ4v) is 4.70. The van der Waals surface area contributed by atoms with E-state index in [4.69, 9.17) is 0 Å². The SMILES string of the molecule is CC1CCN(S(=O)(=O)c2ccc(NC(=O)/C=C/c3ccccc3[N+](=O)[O-])cc2)CC1. The second kappa shape index (κ2) is 9.19.